The van der Waals surface area contributed by atoms with Crippen LogP contribution in [0.4, 0.5) is 0 Å². The van der Waals surface area contributed by atoms with Crippen LogP contribution in [0.25, 0.3) is 0 Å². The van der Waals surface area contributed by atoms with Gasteiger partial charge < -0.3 is 5.11 Å². The van der Waals surface area contributed by atoms with E-state index in [0.717, 1.165) is 11.3 Å². The summed E-state index contributed by atoms with van der Waals surface area (Å²) in [6, 6.07) is 0. The van der Waals surface area contributed by atoms with Gasteiger partial charge in [0, 0.05) is 6.42 Å². The molecule has 1 N–H and O–H groups in total. The Hall–Kier alpha value is -1.20. The van der Waals surface area contributed by atoms with Crippen molar-refractivity contribution in [2.24, 2.45) is 0 Å². The number of hydrogen-bond acceptors (Lipinski definition) is 4. The number of unbranched alkanes of at least 4 members (excludes halogenated alkanes) is 2. The Kier molecular flexibility index (Phi) is 6.36. The van der Waals surface area contributed by atoms with Crippen molar-refractivity contribution in [2.45, 2.75) is 57.1 Å². The highest BCUT2D eigenvalue weighted by Crippen LogP contribution is 2.22. The number of nitrogens with zero attached hydrogens (tertiary/aromatic N) is 1. The molecule has 5 nitrogen and oxygen atoms in total. The van der Waals surface area contributed by atoms with E-state index in [9.17, 15) is 19.5 Å². The van der Waals surface area contributed by atoms with Crippen molar-refractivity contribution in [3.05, 3.63) is 12.2 Å². The molecular formula is C14H20ClNO4. The number of carbonyl (C=O) groups is 3. The quantitative estimate of drug-likeness (QED) is 0.321. The van der Waals surface area contributed by atoms with Crippen LogP contribution in [-0.4, -0.2) is 39.2 Å². The van der Waals surface area contributed by atoms with Crippen LogP contribution in [0.5, 0.6) is 0 Å². The lowest BCUT2D eigenvalue weighted by Crippen LogP contribution is -2.40. The number of rotatable bonds is 8. The fourth-order valence-electron chi connectivity index (χ4n) is 2.06. The summed E-state index contributed by atoms with van der Waals surface area (Å²) >= 11 is 5.68. The third-order valence-corrected chi connectivity index (χ3v) is 3.61. The highest BCUT2D eigenvalue weighted by atomic mass is 35.5. The summed E-state index contributed by atoms with van der Waals surface area (Å²) in [4.78, 5) is 35.2. The molecule has 0 aromatic carbocycles. The molecule has 1 saturated heterocycles. The van der Waals surface area contributed by atoms with Crippen LogP contribution in [0.3, 0.4) is 0 Å². The van der Waals surface area contributed by atoms with Crippen LogP contribution in [0, 0.1) is 0 Å². The zero-order chi connectivity index (χ0) is 15.3. The molecule has 0 spiro atoms. The highest BCUT2D eigenvalue weighted by molar-refractivity contribution is 6.35. The zero-order valence-corrected chi connectivity index (χ0v) is 12.4. The number of aliphatic hydroxyl groups is 1. The number of Topliss-reactive ketones (excluding diaryl/α,β-unsaturated/α-hetero) is 1. The summed E-state index contributed by atoms with van der Waals surface area (Å²) in [6.07, 6.45) is 1.67. The Balaban J connectivity index is 2.25. The first-order chi connectivity index (χ1) is 9.34. The molecule has 112 valence electrons. The number of halogens is 1. The van der Waals surface area contributed by atoms with Crippen LogP contribution in [0.2, 0.25) is 0 Å². The van der Waals surface area contributed by atoms with Gasteiger partial charge in [0.2, 0.25) is 11.8 Å². The van der Waals surface area contributed by atoms with Crippen LogP contribution in [0.1, 0.15) is 45.4 Å². The average Bonchev–Trinajstić information content (AvgIpc) is 2.62. The van der Waals surface area contributed by atoms with Crippen LogP contribution < -0.4 is 0 Å². The molecule has 1 fully saturated rings. The number of carbonyl (C=O) groups excluding carboxylic acids is 3. The molecule has 2 atom stereocenters. The molecule has 0 radical (unpaired) electrons. The minimum Gasteiger partial charge on any atom is -0.373 e. The Morgan fingerprint density at radius 1 is 1.45 bits per heavy atom. The minimum absolute atomic E-state index is 0.0421. The maximum Gasteiger partial charge on any atom is 0.249 e. The van der Waals surface area contributed by atoms with Gasteiger partial charge in [0.1, 0.15) is 11.6 Å². The standard InChI is InChI=1S/C14H20ClNO4/c1-9(2)11(17)6-4-3-5-7-12(18)16-13(19)8-10(15)14(16)20/h10,12,18H,1,3-8H2,2H3. The number of amides is 2. The number of hydrogen-bond donors (Lipinski definition) is 1. The Bertz CT molecular complexity index is 421. The maximum absolute atomic E-state index is 11.6. The first-order valence-electron chi connectivity index (χ1n) is 6.71. The van der Waals surface area contributed by atoms with E-state index in [4.69, 9.17) is 11.6 Å². The van der Waals surface area contributed by atoms with Gasteiger partial charge in [-0.2, -0.15) is 0 Å². The third kappa shape index (κ3) is 4.42. The van der Waals surface area contributed by atoms with Gasteiger partial charge >= 0.3 is 0 Å². The van der Waals surface area contributed by atoms with Gasteiger partial charge in [-0.3, -0.25) is 19.3 Å². The van der Waals surface area contributed by atoms with Crippen LogP contribution >= 0.6 is 11.6 Å². The Morgan fingerprint density at radius 2 is 2.10 bits per heavy atom. The minimum atomic E-state index is -1.12. The summed E-state index contributed by atoms with van der Waals surface area (Å²) in [5.74, 6) is -0.915. The zero-order valence-electron chi connectivity index (χ0n) is 11.6. The average molecular weight is 302 g/mol. The van der Waals surface area contributed by atoms with E-state index in [2.05, 4.69) is 6.58 Å². The molecule has 1 heterocycles. The fraction of sp³-hybridized carbons (Fsp3) is 0.643. The van der Waals surface area contributed by atoms with E-state index in [-0.39, 0.29) is 12.2 Å². The van der Waals surface area contributed by atoms with Gasteiger partial charge in [0.05, 0.1) is 6.42 Å². The van der Waals surface area contributed by atoms with Gasteiger partial charge in [0.25, 0.3) is 0 Å². The number of imide groups is 1. The molecule has 1 aliphatic heterocycles. The first kappa shape index (κ1) is 16.9. The molecule has 0 aliphatic carbocycles. The fourth-order valence-corrected chi connectivity index (χ4v) is 2.29. The molecule has 0 aromatic heterocycles. The van der Waals surface area contributed by atoms with Gasteiger partial charge in [-0.25, -0.2) is 0 Å². The number of alkyl halides is 1. The van der Waals surface area contributed by atoms with Crippen molar-refractivity contribution >= 4 is 29.2 Å². The van der Waals surface area contributed by atoms with Gasteiger partial charge in [-0.15, -0.1) is 11.6 Å². The molecule has 2 unspecified atom stereocenters. The van der Waals surface area contributed by atoms with E-state index in [0.29, 0.717) is 31.3 Å². The molecule has 20 heavy (non-hydrogen) atoms. The summed E-state index contributed by atoms with van der Waals surface area (Å²) < 4.78 is 0. The summed E-state index contributed by atoms with van der Waals surface area (Å²) in [7, 11) is 0. The lowest BCUT2D eigenvalue weighted by molar-refractivity contribution is -0.149. The van der Waals surface area contributed by atoms with E-state index in [1.165, 1.54) is 0 Å². The van der Waals surface area contributed by atoms with Crippen molar-refractivity contribution in [2.75, 3.05) is 0 Å². The Morgan fingerprint density at radius 3 is 2.60 bits per heavy atom. The van der Waals surface area contributed by atoms with E-state index < -0.39 is 23.4 Å². The number of aliphatic hydroxyl groups excluding tert-OH is 1. The molecule has 1 aliphatic rings. The molecular weight excluding hydrogens is 282 g/mol. The monoisotopic (exact) mass is 301 g/mol. The van der Waals surface area contributed by atoms with E-state index in [1.807, 2.05) is 0 Å². The molecule has 2 amide bonds. The van der Waals surface area contributed by atoms with Crippen molar-refractivity contribution in [3.8, 4) is 0 Å². The predicted octanol–water partition coefficient (Wildman–Crippen LogP) is 1.77. The van der Waals surface area contributed by atoms with Crippen LogP contribution in [0.15, 0.2) is 12.2 Å². The van der Waals surface area contributed by atoms with Crippen molar-refractivity contribution in [1.82, 2.24) is 4.90 Å². The van der Waals surface area contributed by atoms with Gasteiger partial charge in [-0.05, 0) is 31.8 Å². The highest BCUT2D eigenvalue weighted by Gasteiger charge is 2.40. The van der Waals surface area contributed by atoms with Crippen molar-refractivity contribution in [3.63, 3.8) is 0 Å². The largest absolute Gasteiger partial charge is 0.373 e. The van der Waals surface area contributed by atoms with Crippen molar-refractivity contribution < 1.29 is 19.5 Å². The van der Waals surface area contributed by atoms with Crippen molar-refractivity contribution in [1.29, 1.82) is 0 Å². The number of allylic oxidation sites excluding steroid dienone is 1. The molecule has 0 aromatic rings. The second-order valence-corrected chi connectivity index (χ2v) is 5.58. The molecule has 6 heteroatoms. The van der Waals surface area contributed by atoms with Gasteiger partial charge in [0.15, 0.2) is 5.78 Å². The summed E-state index contributed by atoms with van der Waals surface area (Å²) in [5.41, 5.74) is 0.548. The maximum atomic E-state index is 11.6. The third-order valence-electron chi connectivity index (χ3n) is 3.27. The molecule has 0 saturated carbocycles. The smallest absolute Gasteiger partial charge is 0.249 e. The second-order valence-electron chi connectivity index (χ2n) is 5.06. The Labute approximate surface area is 123 Å². The lowest BCUT2D eigenvalue weighted by atomic mass is 10.1. The lowest BCUT2D eigenvalue weighted by Gasteiger charge is -2.21. The van der Waals surface area contributed by atoms with E-state index in [1.54, 1.807) is 6.92 Å². The normalized spacial score (nSPS) is 20.4. The second kappa shape index (κ2) is 7.55. The van der Waals surface area contributed by atoms with Gasteiger partial charge in [-0.1, -0.05) is 13.0 Å². The summed E-state index contributed by atoms with van der Waals surface area (Å²) in [5, 5.41) is 8.99. The summed E-state index contributed by atoms with van der Waals surface area (Å²) in [6.45, 7) is 5.25. The number of ketones is 1. The topological polar surface area (TPSA) is 74.7 Å². The predicted molar refractivity (Wildman–Crippen MR) is 75.0 cm³/mol. The molecule has 1 rings (SSSR count). The molecule has 0 bridgehead atoms. The van der Waals surface area contributed by atoms with Crippen LogP contribution in [-0.2, 0) is 14.4 Å². The first-order valence-corrected chi connectivity index (χ1v) is 7.15. The number of likely N-dealkylation sites (tertiary alicyclic amines) is 1. The van der Waals surface area contributed by atoms with E-state index >= 15 is 0 Å². The SMILES string of the molecule is C=C(C)C(=O)CCCCCC(O)N1C(=O)CC(Cl)C1=O.